The van der Waals surface area contributed by atoms with Crippen LogP contribution in [0.4, 0.5) is 4.39 Å². The summed E-state index contributed by atoms with van der Waals surface area (Å²) in [5.41, 5.74) is 4.74. The number of aryl methyl sites for hydroxylation is 1. The lowest BCUT2D eigenvalue weighted by Crippen LogP contribution is -2.70. The molecule has 3 N–H and O–H groups in total. The first-order valence-corrected chi connectivity index (χ1v) is 9.86. The number of benzene rings is 2. The number of aromatic amines is 1. The summed E-state index contributed by atoms with van der Waals surface area (Å²) >= 11 is 0. The van der Waals surface area contributed by atoms with E-state index in [0.717, 1.165) is 23.2 Å². The van der Waals surface area contributed by atoms with Crippen LogP contribution in [-0.2, 0) is 11.2 Å². The molecule has 148 valence electrons. The van der Waals surface area contributed by atoms with Crippen molar-refractivity contribution in [3.8, 4) is 0 Å². The summed E-state index contributed by atoms with van der Waals surface area (Å²) < 4.78 is 13.1. The minimum Gasteiger partial charge on any atom is -0.511 e. The van der Waals surface area contributed by atoms with E-state index in [0.29, 0.717) is 25.0 Å². The molecule has 5 heteroatoms. The van der Waals surface area contributed by atoms with Crippen molar-refractivity contribution < 1.29 is 19.3 Å². The highest BCUT2D eigenvalue weighted by atomic mass is 19.1. The van der Waals surface area contributed by atoms with Crippen LogP contribution in [0, 0.1) is 12.7 Å². The molecule has 4 nitrogen and oxygen atoms in total. The minimum atomic E-state index is -0.306. The number of Topliss-reactive ketones (excluding diaryl/α,β-unsaturated/α-hetero) is 1. The molecule has 3 aromatic rings. The molecular formula is C24H24FN2O2+. The molecule has 0 fully saturated rings. The molecule has 0 radical (unpaired) electrons. The Morgan fingerprint density at radius 3 is 2.69 bits per heavy atom. The van der Waals surface area contributed by atoms with Crippen LogP contribution >= 0.6 is 0 Å². The number of rotatable bonds is 5. The Balaban J connectivity index is 1.44. The number of aliphatic hydroxyl groups excluding tert-OH is 1. The fourth-order valence-electron chi connectivity index (χ4n) is 4.07. The molecule has 1 aliphatic rings. The normalized spacial score (nSPS) is 17.6. The molecule has 1 heterocycles. The number of H-pyrrole nitrogens is 1. The van der Waals surface area contributed by atoms with Crippen LogP contribution in [0.2, 0.25) is 0 Å². The van der Waals surface area contributed by atoms with Gasteiger partial charge in [0.15, 0.2) is 12.0 Å². The first kappa shape index (κ1) is 19.1. The largest absolute Gasteiger partial charge is 0.511 e. The fourth-order valence-corrected chi connectivity index (χ4v) is 4.07. The molecule has 1 atom stereocenters. The number of carbonyl (C=O) groups is 1. The van der Waals surface area contributed by atoms with Crippen LogP contribution in [0.3, 0.4) is 0 Å². The van der Waals surface area contributed by atoms with Gasteiger partial charge in [-0.05, 0) is 42.2 Å². The molecule has 0 saturated carbocycles. The number of hydrogen-bond donors (Lipinski definition) is 3. The molecule has 0 unspecified atom stereocenters. The van der Waals surface area contributed by atoms with E-state index in [9.17, 15) is 14.3 Å². The van der Waals surface area contributed by atoms with Gasteiger partial charge in [-0.25, -0.2) is 9.38 Å². The fraction of sp³-hybridized carbons (Fsp3) is 0.250. The topological polar surface area (TPSA) is 67.1 Å². The highest BCUT2D eigenvalue weighted by Gasteiger charge is 2.29. The third-order valence-electron chi connectivity index (χ3n) is 5.62. The number of nitrogens with one attached hydrogen (secondary N) is 2. The Labute approximate surface area is 168 Å². The number of allylic oxidation sites excluding steroid dienone is 2. The molecule has 1 aliphatic carbocycles. The van der Waals surface area contributed by atoms with Crippen LogP contribution in [0.25, 0.3) is 10.9 Å². The average Bonchev–Trinajstić information content (AvgIpc) is 3.02. The highest BCUT2D eigenvalue weighted by Crippen LogP contribution is 2.32. The van der Waals surface area contributed by atoms with Gasteiger partial charge in [0.1, 0.15) is 23.7 Å². The van der Waals surface area contributed by atoms with Crippen LogP contribution < -0.4 is 4.99 Å². The second-order valence-corrected chi connectivity index (χ2v) is 7.56. The molecule has 0 saturated heterocycles. The van der Waals surface area contributed by atoms with E-state index >= 15 is 0 Å². The van der Waals surface area contributed by atoms with Crippen LogP contribution in [-0.4, -0.2) is 28.6 Å². The third kappa shape index (κ3) is 3.99. The van der Waals surface area contributed by atoms with Crippen LogP contribution in [0.15, 0.2) is 59.9 Å². The zero-order chi connectivity index (χ0) is 20.4. The second-order valence-electron chi connectivity index (χ2n) is 7.56. The molecule has 0 amide bonds. The van der Waals surface area contributed by atoms with Gasteiger partial charge >= 0.3 is 0 Å². The monoisotopic (exact) mass is 391 g/mol. The third-order valence-corrected chi connectivity index (χ3v) is 5.62. The van der Waals surface area contributed by atoms with Gasteiger partial charge in [-0.3, -0.25) is 4.79 Å². The highest BCUT2D eigenvalue weighted by molar-refractivity contribution is 6.13. The number of para-hydroxylation sites is 1. The summed E-state index contributed by atoms with van der Waals surface area (Å²) in [5, 5.41) is 11.6. The van der Waals surface area contributed by atoms with Gasteiger partial charge in [-0.15, -0.1) is 0 Å². The zero-order valence-electron chi connectivity index (χ0n) is 16.3. The predicted molar refractivity (Wildman–Crippen MR) is 112 cm³/mol. The van der Waals surface area contributed by atoms with Crippen molar-refractivity contribution in [2.24, 2.45) is 0 Å². The molecule has 0 aliphatic heterocycles. The molecule has 0 bridgehead atoms. The number of fused-ring (bicyclic) bond motifs is 1. The summed E-state index contributed by atoms with van der Waals surface area (Å²) in [6, 6.07) is 14.3. The van der Waals surface area contributed by atoms with Crippen LogP contribution in [0.5, 0.6) is 0 Å². The Morgan fingerprint density at radius 1 is 1.17 bits per heavy atom. The Morgan fingerprint density at radius 2 is 1.93 bits per heavy atom. The van der Waals surface area contributed by atoms with Gasteiger partial charge in [0.2, 0.25) is 0 Å². The van der Waals surface area contributed by atoms with Gasteiger partial charge in [0.05, 0.1) is 0 Å². The Kier molecular flexibility index (Phi) is 5.30. The number of halogens is 1. The zero-order valence-corrected chi connectivity index (χ0v) is 16.3. The maximum Gasteiger partial charge on any atom is 0.176 e. The summed E-state index contributed by atoms with van der Waals surface area (Å²) in [4.78, 5) is 19.1. The number of hydrogen-bond acceptors (Lipinski definition) is 2. The number of carbonyl (C=O) groups excluding carboxylic acids is 1. The first-order valence-electron chi connectivity index (χ1n) is 9.86. The quantitative estimate of drug-likeness (QED) is 0.585. The second kappa shape index (κ2) is 8.03. The maximum atomic E-state index is 13.1. The van der Waals surface area contributed by atoms with Crippen molar-refractivity contribution in [1.82, 2.24) is 4.98 Å². The SMILES string of the molecule is Cc1[nH]c2ccccc2c1CC[NH+]=CC1=C(O)C[C@H](c2ccc(F)cc2)CC1=O. The van der Waals surface area contributed by atoms with E-state index in [1.54, 1.807) is 18.3 Å². The Bertz CT molecular complexity index is 1110. The van der Waals surface area contributed by atoms with E-state index in [2.05, 4.69) is 29.0 Å². The number of aliphatic hydroxyl groups is 1. The first-order chi connectivity index (χ1) is 14.0. The van der Waals surface area contributed by atoms with Crippen molar-refractivity contribution in [3.63, 3.8) is 0 Å². The van der Waals surface area contributed by atoms with E-state index in [-0.39, 0.29) is 23.3 Å². The molecular weight excluding hydrogens is 367 g/mol. The van der Waals surface area contributed by atoms with Crippen molar-refractivity contribution in [3.05, 3.63) is 82.5 Å². The number of aromatic nitrogens is 1. The maximum absolute atomic E-state index is 13.1. The molecule has 1 aromatic heterocycles. The van der Waals surface area contributed by atoms with Crippen molar-refractivity contribution in [2.45, 2.75) is 32.1 Å². The summed E-state index contributed by atoms with van der Waals surface area (Å²) in [5.74, 6) is -0.432. The standard InChI is InChI=1S/C24H23FN2O2/c1-15-19(20-4-2-3-5-22(20)27-15)10-11-26-14-21-23(28)12-17(13-24(21)29)16-6-8-18(25)9-7-16/h2-9,14,17,27-28H,10-13H2,1H3/p+1/t17-/m0/s1. The lowest BCUT2D eigenvalue weighted by molar-refractivity contribution is -0.450. The van der Waals surface area contributed by atoms with Crippen molar-refractivity contribution in [1.29, 1.82) is 0 Å². The van der Waals surface area contributed by atoms with Crippen molar-refractivity contribution in [2.75, 3.05) is 6.54 Å². The summed E-state index contributed by atoms with van der Waals surface area (Å²) in [6.07, 6.45) is 3.13. The van der Waals surface area contributed by atoms with E-state index in [1.807, 2.05) is 12.1 Å². The summed E-state index contributed by atoms with van der Waals surface area (Å²) in [7, 11) is 0. The van der Waals surface area contributed by atoms with E-state index in [1.165, 1.54) is 23.1 Å². The Hall–Kier alpha value is -3.21. The molecule has 29 heavy (non-hydrogen) atoms. The van der Waals surface area contributed by atoms with E-state index < -0.39 is 0 Å². The molecule has 4 rings (SSSR count). The van der Waals surface area contributed by atoms with Gasteiger partial charge in [-0.2, -0.15) is 0 Å². The van der Waals surface area contributed by atoms with Gasteiger partial charge in [-0.1, -0.05) is 30.3 Å². The summed E-state index contributed by atoms with van der Waals surface area (Å²) in [6.45, 7) is 2.72. The molecule has 0 spiro atoms. The smallest absolute Gasteiger partial charge is 0.176 e. The molecule has 2 aromatic carbocycles. The lowest BCUT2D eigenvalue weighted by atomic mass is 9.83. The van der Waals surface area contributed by atoms with Gasteiger partial charge in [0.25, 0.3) is 0 Å². The van der Waals surface area contributed by atoms with Gasteiger partial charge < -0.3 is 10.1 Å². The van der Waals surface area contributed by atoms with Crippen molar-refractivity contribution >= 4 is 22.9 Å². The lowest BCUT2D eigenvalue weighted by Gasteiger charge is -2.21. The van der Waals surface area contributed by atoms with E-state index in [4.69, 9.17) is 0 Å². The predicted octanol–water partition coefficient (Wildman–Crippen LogP) is 3.27. The number of ketones is 1. The van der Waals surface area contributed by atoms with Gasteiger partial charge in [0, 0.05) is 35.9 Å². The average molecular weight is 391 g/mol. The van der Waals surface area contributed by atoms with Crippen LogP contribution in [0.1, 0.15) is 35.6 Å². The minimum absolute atomic E-state index is 0.0892.